The average molecular weight is 324 g/mol. The fourth-order valence-electron chi connectivity index (χ4n) is 1.75. The van der Waals surface area contributed by atoms with Gasteiger partial charge >= 0.3 is 0 Å². The van der Waals surface area contributed by atoms with Crippen LogP contribution < -0.4 is 5.32 Å². The third-order valence-corrected chi connectivity index (χ3v) is 3.10. The lowest BCUT2D eigenvalue weighted by Crippen LogP contribution is -2.38. The van der Waals surface area contributed by atoms with Crippen LogP contribution in [0, 0.1) is 0 Å². The molecule has 0 radical (unpaired) electrons. The number of benzene rings is 1. The van der Waals surface area contributed by atoms with Crippen molar-refractivity contribution in [3.8, 4) is 0 Å². The molecule has 100 valence electrons. The van der Waals surface area contributed by atoms with Gasteiger partial charge in [0.25, 0.3) is 5.91 Å². The molecule has 1 atom stereocenters. The maximum absolute atomic E-state index is 11.9. The highest BCUT2D eigenvalue weighted by Crippen LogP contribution is 2.14. The van der Waals surface area contributed by atoms with E-state index in [9.17, 15) is 9.90 Å². The number of halogens is 1. The molecule has 2 aromatic rings. The molecule has 0 saturated heterocycles. The largest absolute Gasteiger partial charge is 0.444 e. The van der Waals surface area contributed by atoms with E-state index in [1.807, 2.05) is 30.3 Å². The number of rotatable bonds is 5. The summed E-state index contributed by atoms with van der Waals surface area (Å²) in [6, 6.07) is 12.6. The molecule has 2 N–H and O–H groups in total. The number of hydrogen-bond acceptors (Lipinski definition) is 3. The highest BCUT2D eigenvalue weighted by Gasteiger charge is 2.16. The zero-order chi connectivity index (χ0) is 13.7. The van der Waals surface area contributed by atoms with Gasteiger partial charge in [0.05, 0.1) is 12.6 Å². The molecule has 1 heterocycles. The summed E-state index contributed by atoms with van der Waals surface area (Å²) >= 11 is 3.14. The lowest BCUT2D eigenvalue weighted by Gasteiger charge is -2.15. The monoisotopic (exact) mass is 323 g/mol. The molecule has 19 heavy (non-hydrogen) atoms. The number of furan rings is 1. The van der Waals surface area contributed by atoms with E-state index < -0.39 is 0 Å². The summed E-state index contributed by atoms with van der Waals surface area (Å²) in [5, 5.41) is 12.1. The first-order chi connectivity index (χ1) is 9.19. The Morgan fingerprint density at radius 1 is 1.26 bits per heavy atom. The Labute approximate surface area is 119 Å². The number of aliphatic hydroxyl groups excluding tert-OH is 1. The molecule has 0 bridgehead atoms. The second-order valence-electron chi connectivity index (χ2n) is 4.15. The van der Waals surface area contributed by atoms with Crippen molar-refractivity contribution in [2.75, 3.05) is 6.61 Å². The Kier molecular flexibility index (Phi) is 4.76. The van der Waals surface area contributed by atoms with E-state index in [4.69, 9.17) is 4.42 Å². The molecule has 4 nitrogen and oxygen atoms in total. The average Bonchev–Trinajstić information content (AvgIpc) is 2.86. The van der Waals surface area contributed by atoms with Gasteiger partial charge in [-0.15, -0.1) is 0 Å². The first-order valence-electron chi connectivity index (χ1n) is 5.90. The standard InChI is InChI=1S/C14H14BrNO3/c15-13-7-6-12(19-13)14(18)16-11(9-17)8-10-4-2-1-3-5-10/h1-7,11,17H,8-9H2,(H,16,18). The van der Waals surface area contributed by atoms with Crippen LogP contribution in [0.3, 0.4) is 0 Å². The van der Waals surface area contributed by atoms with Crippen molar-refractivity contribution in [1.82, 2.24) is 5.32 Å². The van der Waals surface area contributed by atoms with Gasteiger partial charge in [0.1, 0.15) is 0 Å². The SMILES string of the molecule is O=C(NC(CO)Cc1ccccc1)c1ccc(Br)o1. The van der Waals surface area contributed by atoms with Gasteiger partial charge < -0.3 is 14.8 Å². The number of hydrogen-bond donors (Lipinski definition) is 2. The third-order valence-electron chi connectivity index (χ3n) is 2.68. The number of nitrogens with one attached hydrogen (secondary N) is 1. The molecular formula is C14H14BrNO3. The number of carbonyl (C=O) groups excluding carboxylic acids is 1. The quantitative estimate of drug-likeness (QED) is 0.888. The maximum atomic E-state index is 11.9. The zero-order valence-electron chi connectivity index (χ0n) is 10.2. The summed E-state index contributed by atoms with van der Waals surface area (Å²) in [7, 11) is 0. The van der Waals surface area contributed by atoms with Gasteiger partial charge in [-0.25, -0.2) is 0 Å². The van der Waals surface area contributed by atoms with Gasteiger partial charge in [-0.05, 0) is 40.0 Å². The predicted octanol–water partition coefficient (Wildman–Crippen LogP) is 2.38. The van der Waals surface area contributed by atoms with Crippen molar-refractivity contribution in [3.05, 3.63) is 58.5 Å². The maximum Gasteiger partial charge on any atom is 0.287 e. The molecule has 1 unspecified atom stereocenters. The smallest absolute Gasteiger partial charge is 0.287 e. The molecule has 1 aromatic carbocycles. The molecule has 1 aromatic heterocycles. The highest BCUT2D eigenvalue weighted by atomic mass is 79.9. The molecule has 0 fully saturated rings. The zero-order valence-corrected chi connectivity index (χ0v) is 11.8. The van der Waals surface area contributed by atoms with Crippen molar-refractivity contribution in [3.63, 3.8) is 0 Å². The second kappa shape index (κ2) is 6.54. The minimum Gasteiger partial charge on any atom is -0.444 e. The van der Waals surface area contributed by atoms with E-state index in [1.165, 1.54) is 0 Å². The van der Waals surface area contributed by atoms with Crippen molar-refractivity contribution in [2.24, 2.45) is 0 Å². The van der Waals surface area contributed by atoms with Gasteiger partial charge in [0.15, 0.2) is 10.4 Å². The van der Waals surface area contributed by atoms with Gasteiger partial charge in [0, 0.05) is 0 Å². The number of carbonyl (C=O) groups is 1. The van der Waals surface area contributed by atoms with Gasteiger partial charge in [-0.2, -0.15) is 0 Å². The number of amides is 1. The Morgan fingerprint density at radius 2 is 2.00 bits per heavy atom. The minimum absolute atomic E-state index is 0.123. The Morgan fingerprint density at radius 3 is 2.58 bits per heavy atom. The summed E-state index contributed by atoms with van der Waals surface area (Å²) in [4.78, 5) is 11.9. The van der Waals surface area contributed by atoms with Gasteiger partial charge in [-0.3, -0.25) is 4.79 Å². The van der Waals surface area contributed by atoms with Crippen molar-refractivity contribution in [2.45, 2.75) is 12.5 Å². The van der Waals surface area contributed by atoms with Crippen LogP contribution >= 0.6 is 15.9 Å². The molecule has 1 amide bonds. The van der Waals surface area contributed by atoms with Gasteiger partial charge in [-0.1, -0.05) is 30.3 Å². The molecule has 0 aliphatic heterocycles. The summed E-state index contributed by atoms with van der Waals surface area (Å²) in [6.45, 7) is -0.123. The summed E-state index contributed by atoms with van der Waals surface area (Å²) in [5.41, 5.74) is 1.06. The molecule has 0 aliphatic rings. The van der Waals surface area contributed by atoms with Crippen molar-refractivity contribution >= 4 is 21.8 Å². The van der Waals surface area contributed by atoms with Crippen LogP contribution in [-0.2, 0) is 6.42 Å². The topological polar surface area (TPSA) is 62.5 Å². The lowest BCUT2D eigenvalue weighted by molar-refractivity contribution is 0.0887. The summed E-state index contributed by atoms with van der Waals surface area (Å²) in [6.07, 6.45) is 0.574. The number of aliphatic hydroxyl groups is 1. The van der Waals surface area contributed by atoms with E-state index in [0.29, 0.717) is 11.1 Å². The lowest BCUT2D eigenvalue weighted by atomic mass is 10.1. The highest BCUT2D eigenvalue weighted by molar-refractivity contribution is 9.10. The Hall–Kier alpha value is -1.59. The van der Waals surface area contributed by atoms with Crippen LogP contribution in [0.1, 0.15) is 16.1 Å². The molecule has 0 aliphatic carbocycles. The first-order valence-corrected chi connectivity index (χ1v) is 6.69. The summed E-state index contributed by atoms with van der Waals surface area (Å²) < 4.78 is 5.67. The van der Waals surface area contributed by atoms with E-state index in [2.05, 4.69) is 21.2 Å². The first kappa shape index (κ1) is 13.8. The van der Waals surface area contributed by atoms with Crippen LogP contribution in [0.4, 0.5) is 0 Å². The molecule has 0 spiro atoms. The van der Waals surface area contributed by atoms with Crippen LogP contribution in [0.15, 0.2) is 51.6 Å². The Balaban J connectivity index is 1.97. The predicted molar refractivity (Wildman–Crippen MR) is 74.9 cm³/mol. The van der Waals surface area contributed by atoms with Crippen LogP contribution in [0.25, 0.3) is 0 Å². The van der Waals surface area contributed by atoms with Crippen LogP contribution in [-0.4, -0.2) is 23.7 Å². The van der Waals surface area contributed by atoms with Gasteiger partial charge in [0.2, 0.25) is 0 Å². The fraction of sp³-hybridized carbons (Fsp3) is 0.214. The van der Waals surface area contributed by atoms with Crippen LogP contribution in [0.2, 0.25) is 0 Å². The van der Waals surface area contributed by atoms with E-state index in [1.54, 1.807) is 12.1 Å². The summed E-state index contributed by atoms with van der Waals surface area (Å²) in [5.74, 6) is -0.112. The van der Waals surface area contributed by atoms with Crippen molar-refractivity contribution < 1.29 is 14.3 Å². The third kappa shape index (κ3) is 3.94. The Bertz CT molecular complexity index is 539. The van der Waals surface area contributed by atoms with Crippen LogP contribution in [0.5, 0.6) is 0 Å². The molecule has 5 heteroatoms. The fourth-order valence-corrected chi connectivity index (χ4v) is 2.06. The van der Waals surface area contributed by atoms with E-state index in [0.717, 1.165) is 5.56 Å². The minimum atomic E-state index is -0.334. The van der Waals surface area contributed by atoms with Crippen molar-refractivity contribution in [1.29, 1.82) is 0 Å². The normalized spacial score (nSPS) is 12.1. The van der Waals surface area contributed by atoms with E-state index >= 15 is 0 Å². The molecular weight excluding hydrogens is 310 g/mol. The second-order valence-corrected chi connectivity index (χ2v) is 4.93. The molecule has 2 rings (SSSR count). The molecule has 0 saturated carbocycles. The van der Waals surface area contributed by atoms with E-state index in [-0.39, 0.29) is 24.3 Å².